The first-order chi connectivity index (χ1) is 5.33. The zero-order chi connectivity index (χ0) is 8.10. The Balaban J connectivity index is 2.52. The van der Waals surface area contributed by atoms with Gasteiger partial charge in [-0.2, -0.15) is 0 Å². The van der Waals surface area contributed by atoms with Gasteiger partial charge in [-0.25, -0.2) is 4.98 Å². The Kier molecular flexibility index (Phi) is 4.48. The topological polar surface area (TPSA) is 12.9 Å². The largest absolute Gasteiger partial charge is 0.249 e. The third kappa shape index (κ3) is 3.58. The molecule has 0 unspecified atom stereocenters. The van der Waals surface area contributed by atoms with Gasteiger partial charge in [0.05, 0.1) is 5.03 Å². The Bertz CT molecular complexity index is 212. The minimum absolute atomic E-state index is 1.01. The lowest BCUT2D eigenvalue weighted by Crippen LogP contribution is -1.82. The molecule has 4 heteroatoms. The minimum atomic E-state index is 1.01. The molecule has 1 nitrogen and oxygen atoms in total. The van der Waals surface area contributed by atoms with Crippen LogP contribution in [0, 0.1) is 0 Å². The van der Waals surface area contributed by atoms with Crippen LogP contribution in [0.2, 0.25) is 0 Å². The predicted octanol–water partition coefficient (Wildman–Crippen LogP) is 3.33. The molecule has 1 aromatic heterocycles. The fourth-order valence-electron chi connectivity index (χ4n) is 0.591. The van der Waals surface area contributed by atoms with E-state index in [9.17, 15) is 0 Å². The molecule has 0 aromatic carbocycles. The van der Waals surface area contributed by atoms with E-state index in [-0.39, 0.29) is 0 Å². The van der Waals surface area contributed by atoms with Gasteiger partial charge in [-0.05, 0) is 28.1 Å². The van der Waals surface area contributed by atoms with Crippen LogP contribution in [0.15, 0.2) is 27.8 Å². The summed E-state index contributed by atoms with van der Waals surface area (Å²) >= 11 is 8.45. The van der Waals surface area contributed by atoms with Crippen molar-refractivity contribution in [3.05, 3.63) is 22.8 Å². The number of rotatable bonds is 3. The Morgan fingerprint density at radius 1 is 1.45 bits per heavy atom. The van der Waals surface area contributed by atoms with Crippen LogP contribution in [0.25, 0.3) is 0 Å². The monoisotopic (exact) mass is 295 g/mol. The fourth-order valence-corrected chi connectivity index (χ4v) is 1.89. The maximum absolute atomic E-state index is 4.21. The molecule has 1 rings (SSSR count). The van der Waals surface area contributed by atoms with Crippen molar-refractivity contribution in [1.29, 1.82) is 0 Å². The number of hydrogen-bond donors (Lipinski definition) is 0. The average molecular weight is 297 g/mol. The lowest BCUT2D eigenvalue weighted by Gasteiger charge is -1.96. The number of thioether (sulfide) groups is 1. The van der Waals surface area contributed by atoms with E-state index in [4.69, 9.17) is 0 Å². The van der Waals surface area contributed by atoms with Gasteiger partial charge in [0.2, 0.25) is 0 Å². The highest BCUT2D eigenvalue weighted by molar-refractivity contribution is 9.10. The first-order valence-corrected chi connectivity index (χ1v) is 6.03. The number of pyridine rings is 1. The van der Waals surface area contributed by atoms with Gasteiger partial charge < -0.3 is 0 Å². The predicted molar refractivity (Wildman–Crippen MR) is 56.5 cm³/mol. The second-order valence-corrected chi connectivity index (χ2v) is 4.68. The van der Waals surface area contributed by atoms with Crippen molar-refractivity contribution in [3.63, 3.8) is 0 Å². The summed E-state index contributed by atoms with van der Waals surface area (Å²) in [6.07, 6.45) is 1.82. The molecule has 0 radical (unpaired) electrons. The summed E-state index contributed by atoms with van der Waals surface area (Å²) in [6.45, 7) is 0. The summed E-state index contributed by atoms with van der Waals surface area (Å²) < 4.78 is 1.03. The van der Waals surface area contributed by atoms with Crippen LogP contribution in [0.1, 0.15) is 0 Å². The molecule has 0 spiro atoms. The maximum atomic E-state index is 4.21. The molecule has 60 valence electrons. The molecule has 1 heterocycles. The Labute approximate surface area is 87.2 Å². The standard InChI is InChI=1S/C7H7Br2NS/c8-3-4-11-7-2-1-6(9)5-10-7/h1-2,5H,3-4H2. The molecule has 0 atom stereocenters. The molecule has 0 aliphatic rings. The van der Waals surface area contributed by atoms with E-state index in [1.54, 1.807) is 11.8 Å². The van der Waals surface area contributed by atoms with E-state index in [0.29, 0.717) is 0 Å². The minimum Gasteiger partial charge on any atom is -0.249 e. The molecule has 1 aromatic rings. The number of nitrogens with zero attached hydrogens (tertiary/aromatic N) is 1. The number of aromatic nitrogens is 1. The van der Waals surface area contributed by atoms with Crippen LogP contribution in [-0.2, 0) is 0 Å². The van der Waals surface area contributed by atoms with E-state index in [2.05, 4.69) is 36.8 Å². The summed E-state index contributed by atoms with van der Waals surface area (Å²) in [6, 6.07) is 4.01. The van der Waals surface area contributed by atoms with Crippen LogP contribution in [-0.4, -0.2) is 16.1 Å². The lowest BCUT2D eigenvalue weighted by atomic mass is 10.5. The SMILES string of the molecule is BrCCSc1ccc(Br)cn1. The van der Waals surface area contributed by atoms with Crippen LogP contribution in [0.3, 0.4) is 0 Å². The third-order valence-corrected chi connectivity index (χ3v) is 3.36. The summed E-state index contributed by atoms with van der Waals surface area (Å²) in [5, 5.41) is 2.09. The molecule has 0 saturated carbocycles. The lowest BCUT2D eigenvalue weighted by molar-refractivity contribution is 1.12. The van der Waals surface area contributed by atoms with Crippen LogP contribution >= 0.6 is 43.6 Å². The first-order valence-electron chi connectivity index (χ1n) is 3.13. The number of alkyl halides is 1. The number of halogens is 2. The van der Waals surface area contributed by atoms with Gasteiger partial charge >= 0.3 is 0 Å². The van der Waals surface area contributed by atoms with Gasteiger partial charge in [0.1, 0.15) is 0 Å². The second-order valence-electron chi connectivity index (χ2n) is 1.85. The highest BCUT2D eigenvalue weighted by Crippen LogP contribution is 2.17. The summed E-state index contributed by atoms with van der Waals surface area (Å²) in [5.41, 5.74) is 0. The summed E-state index contributed by atoms with van der Waals surface area (Å²) in [4.78, 5) is 4.21. The van der Waals surface area contributed by atoms with Crippen molar-refractivity contribution in [1.82, 2.24) is 4.98 Å². The smallest absolute Gasteiger partial charge is 0.0960 e. The summed E-state index contributed by atoms with van der Waals surface area (Å²) in [7, 11) is 0. The van der Waals surface area contributed by atoms with Gasteiger partial charge in [0.25, 0.3) is 0 Å². The molecule has 0 aliphatic heterocycles. The van der Waals surface area contributed by atoms with E-state index in [1.807, 2.05) is 18.3 Å². The molecule has 0 bridgehead atoms. The molecule has 0 amide bonds. The van der Waals surface area contributed by atoms with Gasteiger partial charge in [0, 0.05) is 21.8 Å². The Hall–Kier alpha value is 0.460. The van der Waals surface area contributed by atoms with Crippen molar-refractivity contribution in [2.75, 3.05) is 11.1 Å². The molecule has 0 saturated heterocycles. The van der Waals surface area contributed by atoms with Crippen molar-refractivity contribution in [2.24, 2.45) is 0 Å². The van der Waals surface area contributed by atoms with Crippen molar-refractivity contribution < 1.29 is 0 Å². The molecule has 11 heavy (non-hydrogen) atoms. The van der Waals surface area contributed by atoms with Crippen LogP contribution < -0.4 is 0 Å². The molecule has 0 aliphatic carbocycles. The number of hydrogen-bond acceptors (Lipinski definition) is 2. The normalized spacial score (nSPS) is 10.0. The van der Waals surface area contributed by atoms with Gasteiger partial charge in [0.15, 0.2) is 0 Å². The molecular formula is C7H7Br2NS. The van der Waals surface area contributed by atoms with Crippen LogP contribution in [0.5, 0.6) is 0 Å². The second kappa shape index (κ2) is 5.17. The molecular weight excluding hydrogens is 290 g/mol. The van der Waals surface area contributed by atoms with E-state index in [1.165, 1.54) is 0 Å². The third-order valence-electron chi connectivity index (χ3n) is 1.03. The zero-order valence-corrected chi connectivity index (χ0v) is 9.75. The molecule has 0 fully saturated rings. The summed E-state index contributed by atoms with van der Waals surface area (Å²) in [5.74, 6) is 1.06. The fraction of sp³-hybridized carbons (Fsp3) is 0.286. The average Bonchev–Trinajstić information content (AvgIpc) is 2.04. The van der Waals surface area contributed by atoms with Crippen molar-refractivity contribution in [3.8, 4) is 0 Å². The van der Waals surface area contributed by atoms with E-state index >= 15 is 0 Å². The zero-order valence-electron chi connectivity index (χ0n) is 5.76. The van der Waals surface area contributed by atoms with E-state index < -0.39 is 0 Å². The highest BCUT2D eigenvalue weighted by Gasteiger charge is 1.93. The Morgan fingerprint density at radius 2 is 2.27 bits per heavy atom. The van der Waals surface area contributed by atoms with E-state index in [0.717, 1.165) is 20.6 Å². The van der Waals surface area contributed by atoms with Crippen molar-refractivity contribution >= 4 is 43.6 Å². The maximum Gasteiger partial charge on any atom is 0.0960 e. The van der Waals surface area contributed by atoms with Gasteiger partial charge in [-0.3, -0.25) is 0 Å². The van der Waals surface area contributed by atoms with Crippen LogP contribution in [0.4, 0.5) is 0 Å². The Morgan fingerprint density at radius 3 is 2.82 bits per heavy atom. The molecule has 0 N–H and O–H groups in total. The highest BCUT2D eigenvalue weighted by atomic mass is 79.9. The quantitative estimate of drug-likeness (QED) is 0.627. The first kappa shape index (κ1) is 9.55. The van der Waals surface area contributed by atoms with Gasteiger partial charge in [-0.15, -0.1) is 11.8 Å². The van der Waals surface area contributed by atoms with Crippen molar-refractivity contribution in [2.45, 2.75) is 5.03 Å². The van der Waals surface area contributed by atoms with Gasteiger partial charge in [-0.1, -0.05) is 15.9 Å².